The lowest BCUT2D eigenvalue weighted by molar-refractivity contribution is 0.949. The van der Waals surface area contributed by atoms with E-state index in [4.69, 9.17) is 17.3 Å². The van der Waals surface area contributed by atoms with Gasteiger partial charge in [-0.25, -0.2) is 0 Å². The first kappa shape index (κ1) is 11.4. The van der Waals surface area contributed by atoms with Crippen LogP contribution in [0.4, 0.5) is 11.5 Å². The molecule has 1 saturated heterocycles. The number of nitrogen functional groups attached to an aromatic ring is 1. The van der Waals surface area contributed by atoms with Crippen molar-refractivity contribution < 1.29 is 0 Å². The molecule has 4 nitrogen and oxygen atoms in total. The van der Waals surface area contributed by atoms with Gasteiger partial charge in [0.2, 0.25) is 0 Å². The van der Waals surface area contributed by atoms with Gasteiger partial charge in [0.25, 0.3) is 0 Å². The van der Waals surface area contributed by atoms with E-state index in [-0.39, 0.29) is 0 Å². The second kappa shape index (κ2) is 4.53. The molecular formula is C13H15ClN4. The molecule has 94 valence electrons. The Bertz CT molecular complexity index is 558. The molecule has 0 atom stereocenters. The minimum atomic E-state index is 0.484. The fraction of sp³-hybridized carbons (Fsp3) is 0.308. The molecule has 1 aromatic heterocycles. The molecule has 0 radical (unpaired) electrons. The second-order valence-electron chi connectivity index (χ2n) is 4.53. The number of nitrogens with two attached hydrogens (primary N) is 1. The third-order valence-electron chi connectivity index (χ3n) is 3.31. The Morgan fingerprint density at radius 1 is 1.28 bits per heavy atom. The molecule has 0 aliphatic carbocycles. The molecule has 1 fully saturated rings. The van der Waals surface area contributed by atoms with Crippen molar-refractivity contribution in [1.29, 1.82) is 0 Å². The molecule has 1 aromatic carbocycles. The Labute approximate surface area is 111 Å². The van der Waals surface area contributed by atoms with Gasteiger partial charge in [-0.05, 0) is 25.0 Å². The van der Waals surface area contributed by atoms with Crippen LogP contribution < -0.4 is 10.6 Å². The summed E-state index contributed by atoms with van der Waals surface area (Å²) in [5, 5.41) is 7.64. The van der Waals surface area contributed by atoms with E-state index in [1.165, 1.54) is 12.8 Å². The zero-order chi connectivity index (χ0) is 12.5. The van der Waals surface area contributed by atoms with E-state index >= 15 is 0 Å². The Morgan fingerprint density at radius 3 is 2.72 bits per heavy atom. The van der Waals surface area contributed by atoms with Crippen molar-refractivity contribution in [2.75, 3.05) is 23.7 Å². The molecule has 1 aliphatic rings. The van der Waals surface area contributed by atoms with Crippen molar-refractivity contribution in [3.63, 3.8) is 0 Å². The van der Waals surface area contributed by atoms with E-state index in [1.807, 2.05) is 18.2 Å². The van der Waals surface area contributed by atoms with Gasteiger partial charge < -0.3 is 10.6 Å². The van der Waals surface area contributed by atoms with Crippen LogP contribution in [0.3, 0.4) is 0 Å². The lowest BCUT2D eigenvalue weighted by atomic mass is 10.1. The van der Waals surface area contributed by atoms with Gasteiger partial charge in [0, 0.05) is 30.4 Å². The smallest absolute Gasteiger partial charge is 0.145 e. The van der Waals surface area contributed by atoms with Crippen molar-refractivity contribution in [1.82, 2.24) is 10.2 Å². The van der Waals surface area contributed by atoms with Crippen LogP contribution >= 0.6 is 11.6 Å². The number of hydrogen-bond acceptors (Lipinski definition) is 3. The molecule has 3 rings (SSSR count). The van der Waals surface area contributed by atoms with E-state index in [0.29, 0.717) is 5.82 Å². The summed E-state index contributed by atoms with van der Waals surface area (Å²) in [6.45, 7) is 2.16. The zero-order valence-corrected chi connectivity index (χ0v) is 10.7. The summed E-state index contributed by atoms with van der Waals surface area (Å²) in [7, 11) is 0. The quantitative estimate of drug-likeness (QED) is 0.875. The van der Waals surface area contributed by atoms with Crippen molar-refractivity contribution in [3.8, 4) is 11.3 Å². The molecule has 18 heavy (non-hydrogen) atoms. The predicted octanol–water partition coefficient (Wildman–Crippen LogP) is 2.91. The Kier molecular flexibility index (Phi) is 2.88. The number of nitrogens with zero attached hydrogens (tertiary/aromatic N) is 2. The Hall–Kier alpha value is -1.68. The SMILES string of the molecule is Nc1cc(-c2c(Cl)cccc2N2CCCC2)[nH]n1. The van der Waals surface area contributed by atoms with Gasteiger partial charge in [-0.2, -0.15) is 5.10 Å². The highest BCUT2D eigenvalue weighted by molar-refractivity contribution is 6.34. The number of anilines is 2. The van der Waals surface area contributed by atoms with Crippen LogP contribution in [0, 0.1) is 0 Å². The largest absolute Gasteiger partial charge is 0.382 e. The topological polar surface area (TPSA) is 57.9 Å². The molecule has 0 amide bonds. The van der Waals surface area contributed by atoms with Gasteiger partial charge in [0.05, 0.1) is 10.7 Å². The van der Waals surface area contributed by atoms with Crippen molar-refractivity contribution in [2.45, 2.75) is 12.8 Å². The van der Waals surface area contributed by atoms with Crippen LogP contribution in [-0.2, 0) is 0 Å². The molecule has 3 N–H and O–H groups in total. The van der Waals surface area contributed by atoms with Gasteiger partial charge >= 0.3 is 0 Å². The van der Waals surface area contributed by atoms with Crippen molar-refractivity contribution >= 4 is 23.1 Å². The summed E-state index contributed by atoms with van der Waals surface area (Å²) < 4.78 is 0. The third-order valence-corrected chi connectivity index (χ3v) is 3.62. The monoisotopic (exact) mass is 262 g/mol. The van der Waals surface area contributed by atoms with E-state index in [2.05, 4.69) is 21.2 Å². The van der Waals surface area contributed by atoms with Crippen molar-refractivity contribution in [2.24, 2.45) is 0 Å². The van der Waals surface area contributed by atoms with E-state index in [0.717, 1.165) is 35.1 Å². The predicted molar refractivity (Wildman–Crippen MR) is 74.9 cm³/mol. The van der Waals surface area contributed by atoms with Crippen LogP contribution in [0.2, 0.25) is 5.02 Å². The molecule has 1 aliphatic heterocycles. The molecule has 0 saturated carbocycles. The second-order valence-corrected chi connectivity index (χ2v) is 4.94. The molecule has 0 unspecified atom stereocenters. The minimum Gasteiger partial charge on any atom is -0.382 e. The fourth-order valence-electron chi connectivity index (χ4n) is 2.47. The lowest BCUT2D eigenvalue weighted by Crippen LogP contribution is -2.18. The summed E-state index contributed by atoms with van der Waals surface area (Å²) in [6.07, 6.45) is 2.47. The molecular weight excluding hydrogens is 248 g/mol. The Balaban J connectivity index is 2.11. The minimum absolute atomic E-state index is 0.484. The van der Waals surface area contributed by atoms with Crippen LogP contribution in [-0.4, -0.2) is 23.3 Å². The Morgan fingerprint density at radius 2 is 2.06 bits per heavy atom. The summed E-state index contributed by atoms with van der Waals surface area (Å²) in [5.74, 6) is 0.484. The van der Waals surface area contributed by atoms with Crippen LogP contribution in [0.5, 0.6) is 0 Å². The third kappa shape index (κ3) is 1.93. The maximum absolute atomic E-state index is 6.34. The average Bonchev–Trinajstić information content (AvgIpc) is 2.99. The summed E-state index contributed by atoms with van der Waals surface area (Å²) in [6, 6.07) is 7.80. The number of aromatic amines is 1. The van der Waals surface area contributed by atoms with Gasteiger partial charge in [-0.1, -0.05) is 17.7 Å². The number of nitrogens with one attached hydrogen (secondary N) is 1. The zero-order valence-electron chi connectivity index (χ0n) is 9.99. The number of H-pyrrole nitrogens is 1. The first-order chi connectivity index (χ1) is 8.75. The average molecular weight is 263 g/mol. The maximum Gasteiger partial charge on any atom is 0.145 e. The highest BCUT2D eigenvalue weighted by Gasteiger charge is 2.19. The van der Waals surface area contributed by atoms with Crippen LogP contribution in [0.25, 0.3) is 11.3 Å². The highest BCUT2D eigenvalue weighted by atomic mass is 35.5. The van der Waals surface area contributed by atoms with Crippen LogP contribution in [0.15, 0.2) is 24.3 Å². The summed E-state index contributed by atoms with van der Waals surface area (Å²) in [4.78, 5) is 2.36. The number of hydrogen-bond donors (Lipinski definition) is 2. The molecule has 0 spiro atoms. The molecule has 5 heteroatoms. The van der Waals surface area contributed by atoms with Crippen molar-refractivity contribution in [3.05, 3.63) is 29.3 Å². The van der Waals surface area contributed by atoms with Crippen LogP contribution in [0.1, 0.15) is 12.8 Å². The van der Waals surface area contributed by atoms with Gasteiger partial charge in [-0.15, -0.1) is 0 Å². The number of halogens is 1. The first-order valence-corrected chi connectivity index (χ1v) is 6.48. The highest BCUT2D eigenvalue weighted by Crippen LogP contribution is 2.37. The van der Waals surface area contributed by atoms with E-state index in [9.17, 15) is 0 Å². The normalized spacial score (nSPS) is 15.3. The van der Waals surface area contributed by atoms with E-state index in [1.54, 1.807) is 0 Å². The van der Waals surface area contributed by atoms with Gasteiger partial charge in [0.1, 0.15) is 5.82 Å². The van der Waals surface area contributed by atoms with E-state index < -0.39 is 0 Å². The number of rotatable bonds is 2. The molecule has 2 heterocycles. The maximum atomic E-state index is 6.34. The van der Waals surface area contributed by atoms with Gasteiger partial charge in [-0.3, -0.25) is 5.10 Å². The lowest BCUT2D eigenvalue weighted by Gasteiger charge is -2.21. The number of aromatic nitrogens is 2. The van der Waals surface area contributed by atoms with Gasteiger partial charge in [0.15, 0.2) is 0 Å². The molecule has 2 aromatic rings. The summed E-state index contributed by atoms with van der Waals surface area (Å²) >= 11 is 6.34. The first-order valence-electron chi connectivity index (χ1n) is 6.10. The fourth-order valence-corrected chi connectivity index (χ4v) is 2.74. The number of benzene rings is 1. The molecule has 0 bridgehead atoms. The standard InChI is InChI=1S/C13H15ClN4/c14-9-4-3-5-11(18-6-1-2-7-18)13(9)10-8-12(15)17-16-10/h3-5,8H,1-2,6-7H2,(H3,15,16,17). The summed E-state index contributed by atoms with van der Waals surface area (Å²) in [5.41, 5.74) is 8.69.